The molecule has 2 rings (SSSR count). The molecule has 0 saturated heterocycles. The van der Waals surface area contributed by atoms with Crippen molar-refractivity contribution in [3.63, 3.8) is 0 Å². The van der Waals surface area contributed by atoms with Gasteiger partial charge in [-0.1, -0.05) is 41.7 Å². The third kappa shape index (κ3) is 1.62. The van der Waals surface area contributed by atoms with Crippen molar-refractivity contribution in [1.29, 1.82) is 0 Å². The van der Waals surface area contributed by atoms with Crippen LogP contribution in [0.15, 0.2) is 30.3 Å². The Morgan fingerprint density at radius 1 is 1.21 bits per heavy atom. The highest BCUT2D eigenvalue weighted by Gasteiger charge is 2.11. The van der Waals surface area contributed by atoms with Crippen LogP contribution in [-0.4, -0.2) is 21.3 Å². The molecule has 1 aromatic heterocycles. The minimum absolute atomic E-state index is 0.0175. The molecule has 0 aliphatic carbocycles. The number of carboxylic acid groups (broad SMARTS) is 1. The Morgan fingerprint density at radius 2 is 1.93 bits per heavy atom. The average molecular weight is 206 g/mol. The molecule has 5 heteroatoms. The van der Waals surface area contributed by atoms with Crippen LogP contribution in [0.5, 0.6) is 0 Å². The molecule has 0 atom stereocenters. The van der Waals surface area contributed by atoms with Crippen LogP contribution in [0.4, 0.5) is 0 Å². The number of rotatable bonds is 2. The molecule has 0 fully saturated rings. The molecule has 0 radical (unpaired) electrons. The maximum absolute atomic E-state index is 10.6. The maximum Gasteiger partial charge on any atom is 0.367 e. The highest BCUT2D eigenvalue weighted by molar-refractivity contribution is 7.16. The predicted molar refractivity (Wildman–Crippen MR) is 52.3 cm³/mol. The molecule has 1 aromatic carbocycles. The second-order valence-electron chi connectivity index (χ2n) is 2.58. The molecule has 1 heterocycles. The van der Waals surface area contributed by atoms with Crippen LogP contribution in [0, 0.1) is 0 Å². The van der Waals surface area contributed by atoms with Crippen molar-refractivity contribution in [2.24, 2.45) is 0 Å². The van der Waals surface area contributed by atoms with Crippen molar-refractivity contribution in [3.05, 3.63) is 35.3 Å². The average Bonchev–Trinajstić information content (AvgIpc) is 2.68. The monoisotopic (exact) mass is 206 g/mol. The van der Waals surface area contributed by atoms with E-state index in [-0.39, 0.29) is 5.01 Å². The fourth-order valence-electron chi connectivity index (χ4n) is 1.01. The van der Waals surface area contributed by atoms with Gasteiger partial charge in [-0.3, -0.25) is 0 Å². The van der Waals surface area contributed by atoms with Crippen molar-refractivity contribution >= 4 is 17.3 Å². The Hall–Kier alpha value is -1.75. The van der Waals surface area contributed by atoms with Crippen molar-refractivity contribution in [3.8, 4) is 10.6 Å². The normalized spacial score (nSPS) is 10.0. The zero-order valence-electron chi connectivity index (χ0n) is 7.04. The molecule has 0 aliphatic rings. The van der Waals surface area contributed by atoms with Crippen molar-refractivity contribution in [1.82, 2.24) is 10.2 Å². The topological polar surface area (TPSA) is 63.1 Å². The minimum Gasteiger partial charge on any atom is -0.476 e. The largest absolute Gasteiger partial charge is 0.476 e. The van der Waals surface area contributed by atoms with Crippen LogP contribution < -0.4 is 0 Å². The maximum atomic E-state index is 10.6. The molecular weight excluding hydrogens is 200 g/mol. The van der Waals surface area contributed by atoms with E-state index in [0.29, 0.717) is 5.01 Å². The molecule has 0 aliphatic heterocycles. The summed E-state index contributed by atoms with van der Waals surface area (Å²) in [5.41, 5.74) is 0.887. The van der Waals surface area contributed by atoms with E-state index in [9.17, 15) is 4.79 Å². The summed E-state index contributed by atoms with van der Waals surface area (Å²) in [6, 6.07) is 9.37. The van der Waals surface area contributed by atoms with Gasteiger partial charge in [-0.05, 0) is 0 Å². The lowest BCUT2D eigenvalue weighted by atomic mass is 10.2. The first-order valence-electron chi connectivity index (χ1n) is 3.89. The second-order valence-corrected chi connectivity index (χ2v) is 3.56. The number of benzene rings is 1. The highest BCUT2D eigenvalue weighted by Crippen LogP contribution is 2.22. The third-order valence-corrected chi connectivity index (χ3v) is 2.59. The van der Waals surface area contributed by atoms with Gasteiger partial charge in [0.1, 0.15) is 5.01 Å². The van der Waals surface area contributed by atoms with Crippen LogP contribution in [0.3, 0.4) is 0 Å². The Bertz CT molecular complexity index is 453. The van der Waals surface area contributed by atoms with Crippen molar-refractivity contribution in [2.45, 2.75) is 0 Å². The molecule has 14 heavy (non-hydrogen) atoms. The summed E-state index contributed by atoms with van der Waals surface area (Å²) in [5, 5.41) is 16.7. The molecule has 0 unspecified atom stereocenters. The highest BCUT2D eigenvalue weighted by atomic mass is 32.1. The molecule has 1 N–H and O–H groups in total. The number of hydrogen-bond donors (Lipinski definition) is 1. The number of aromatic carboxylic acids is 1. The Kier molecular flexibility index (Phi) is 2.24. The van der Waals surface area contributed by atoms with Crippen LogP contribution in [0.2, 0.25) is 0 Å². The van der Waals surface area contributed by atoms with Gasteiger partial charge in [0, 0.05) is 5.56 Å². The third-order valence-electron chi connectivity index (χ3n) is 1.63. The van der Waals surface area contributed by atoms with Gasteiger partial charge in [0.2, 0.25) is 5.01 Å². The van der Waals surface area contributed by atoms with Gasteiger partial charge in [-0.2, -0.15) is 0 Å². The molecule has 0 bridgehead atoms. The fraction of sp³-hybridized carbons (Fsp3) is 0. The van der Waals surface area contributed by atoms with Gasteiger partial charge >= 0.3 is 5.97 Å². The van der Waals surface area contributed by atoms with Gasteiger partial charge in [0.05, 0.1) is 0 Å². The number of carbonyl (C=O) groups is 1. The first-order valence-corrected chi connectivity index (χ1v) is 4.71. The number of hydrogen-bond acceptors (Lipinski definition) is 4. The van der Waals surface area contributed by atoms with Gasteiger partial charge in [0.15, 0.2) is 0 Å². The molecule has 0 spiro atoms. The van der Waals surface area contributed by atoms with E-state index in [1.807, 2.05) is 30.3 Å². The van der Waals surface area contributed by atoms with E-state index in [1.165, 1.54) is 0 Å². The summed E-state index contributed by atoms with van der Waals surface area (Å²) in [5.74, 6) is -1.04. The van der Waals surface area contributed by atoms with E-state index in [2.05, 4.69) is 10.2 Å². The van der Waals surface area contributed by atoms with Gasteiger partial charge in [-0.25, -0.2) is 4.79 Å². The van der Waals surface area contributed by atoms with E-state index < -0.39 is 5.97 Å². The SMILES string of the molecule is O=C(O)c1nnc(-c2ccccc2)s1. The lowest BCUT2D eigenvalue weighted by molar-refractivity contribution is 0.0695. The zero-order valence-corrected chi connectivity index (χ0v) is 7.86. The van der Waals surface area contributed by atoms with Crippen LogP contribution in [0.1, 0.15) is 9.80 Å². The standard InChI is InChI=1S/C9H6N2O2S/c12-9(13)8-11-10-7(14-8)6-4-2-1-3-5-6/h1-5H,(H,12,13). The van der Waals surface area contributed by atoms with E-state index in [4.69, 9.17) is 5.11 Å². The second kappa shape index (κ2) is 3.55. The van der Waals surface area contributed by atoms with Crippen LogP contribution in [0.25, 0.3) is 10.6 Å². The van der Waals surface area contributed by atoms with E-state index in [1.54, 1.807) is 0 Å². The van der Waals surface area contributed by atoms with Gasteiger partial charge in [0.25, 0.3) is 0 Å². The molecule has 0 saturated carbocycles. The quantitative estimate of drug-likeness (QED) is 0.815. The van der Waals surface area contributed by atoms with E-state index >= 15 is 0 Å². The molecule has 70 valence electrons. The summed E-state index contributed by atoms with van der Waals surface area (Å²) >= 11 is 1.07. The Balaban J connectivity index is 2.39. The Labute approximate surface area is 83.9 Å². The summed E-state index contributed by atoms with van der Waals surface area (Å²) in [6.07, 6.45) is 0. The summed E-state index contributed by atoms with van der Waals surface area (Å²) in [4.78, 5) is 10.6. The van der Waals surface area contributed by atoms with Crippen molar-refractivity contribution < 1.29 is 9.90 Å². The van der Waals surface area contributed by atoms with Crippen molar-refractivity contribution in [2.75, 3.05) is 0 Å². The first kappa shape index (κ1) is 8.83. The number of carboxylic acids is 1. The zero-order chi connectivity index (χ0) is 9.97. The van der Waals surface area contributed by atoms with E-state index in [0.717, 1.165) is 16.9 Å². The summed E-state index contributed by atoms with van der Waals surface area (Å²) in [6.45, 7) is 0. The summed E-state index contributed by atoms with van der Waals surface area (Å²) < 4.78 is 0. The van der Waals surface area contributed by atoms with Crippen LogP contribution >= 0.6 is 11.3 Å². The minimum atomic E-state index is -1.04. The molecule has 2 aromatic rings. The smallest absolute Gasteiger partial charge is 0.367 e. The van der Waals surface area contributed by atoms with Gasteiger partial charge < -0.3 is 5.11 Å². The number of aromatic nitrogens is 2. The molecule has 0 amide bonds. The fourth-order valence-corrected chi connectivity index (χ4v) is 1.69. The lowest BCUT2D eigenvalue weighted by Gasteiger charge is -1.90. The summed E-state index contributed by atoms with van der Waals surface area (Å²) in [7, 11) is 0. The molecular formula is C9H6N2O2S. The predicted octanol–water partition coefficient (Wildman–Crippen LogP) is 1.90. The van der Waals surface area contributed by atoms with Gasteiger partial charge in [-0.15, -0.1) is 10.2 Å². The molecule has 4 nitrogen and oxygen atoms in total. The number of nitrogens with zero attached hydrogens (tertiary/aromatic N) is 2. The first-order chi connectivity index (χ1) is 6.77. The Morgan fingerprint density at radius 3 is 2.50 bits per heavy atom. The lowest BCUT2D eigenvalue weighted by Crippen LogP contribution is -1.93. The van der Waals surface area contributed by atoms with Crippen LogP contribution in [-0.2, 0) is 0 Å².